The second kappa shape index (κ2) is 11.1. The third kappa shape index (κ3) is 6.98. The van der Waals surface area contributed by atoms with Gasteiger partial charge in [-0.05, 0) is 47.4 Å². The molecular formula is C23H21NaO5. The van der Waals surface area contributed by atoms with Crippen molar-refractivity contribution in [2.75, 3.05) is 6.61 Å². The summed E-state index contributed by atoms with van der Waals surface area (Å²) >= 11 is 0. The second-order valence-corrected chi connectivity index (χ2v) is 6.68. The summed E-state index contributed by atoms with van der Waals surface area (Å²) in [5.41, 5.74) is 1.60. The molecule has 0 bridgehead atoms. The fourth-order valence-electron chi connectivity index (χ4n) is 2.93. The van der Waals surface area contributed by atoms with Gasteiger partial charge in [0.1, 0.15) is 12.4 Å². The molecule has 0 heterocycles. The van der Waals surface area contributed by atoms with E-state index in [0.717, 1.165) is 16.3 Å². The normalized spacial score (nSPS) is 11.5. The van der Waals surface area contributed by atoms with Crippen LogP contribution in [0.2, 0.25) is 0 Å². The molecule has 0 saturated carbocycles. The standard InChI is InChI=1S/C23H22O5.Na/c24-20(9-11-23(26)27)15-28-21-10-8-17-6-7-18(13-19(17)14-21)22(25)12-16-4-2-1-3-5-16;/h1-8,10,13-14,20,24H,9,11-12,15H2,(H,26,27);/q;+1/p-1. The van der Waals surface area contributed by atoms with E-state index < -0.39 is 12.1 Å². The van der Waals surface area contributed by atoms with E-state index in [1.807, 2.05) is 54.6 Å². The predicted molar refractivity (Wildman–Crippen MR) is 104 cm³/mol. The van der Waals surface area contributed by atoms with Gasteiger partial charge in [-0.2, -0.15) is 0 Å². The number of aliphatic hydroxyl groups excluding tert-OH is 1. The van der Waals surface area contributed by atoms with Crippen molar-refractivity contribution in [2.24, 2.45) is 0 Å². The van der Waals surface area contributed by atoms with E-state index in [9.17, 15) is 19.8 Å². The Bertz CT molecular complexity index is 971. The summed E-state index contributed by atoms with van der Waals surface area (Å²) in [5, 5.41) is 22.0. The molecule has 0 amide bonds. The molecule has 0 radical (unpaired) electrons. The van der Waals surface area contributed by atoms with E-state index in [-0.39, 0.29) is 54.8 Å². The first-order valence-corrected chi connectivity index (χ1v) is 9.13. The monoisotopic (exact) mass is 400 g/mol. The SMILES string of the molecule is O=C([O-])CCC(O)COc1ccc2ccc(C(=O)Cc3ccccc3)cc2c1.[Na+]. The van der Waals surface area contributed by atoms with Crippen LogP contribution >= 0.6 is 0 Å². The van der Waals surface area contributed by atoms with Crippen LogP contribution in [0.1, 0.15) is 28.8 Å². The van der Waals surface area contributed by atoms with Gasteiger partial charge in [0.15, 0.2) is 5.78 Å². The molecule has 0 fully saturated rings. The number of aliphatic carboxylic acids is 1. The average molecular weight is 400 g/mol. The Morgan fingerprint density at radius 3 is 2.41 bits per heavy atom. The summed E-state index contributed by atoms with van der Waals surface area (Å²) in [7, 11) is 0. The van der Waals surface area contributed by atoms with Gasteiger partial charge in [-0.1, -0.05) is 48.5 Å². The number of fused-ring (bicyclic) bond motifs is 1. The van der Waals surface area contributed by atoms with E-state index in [0.29, 0.717) is 17.7 Å². The fourth-order valence-corrected chi connectivity index (χ4v) is 2.93. The topological polar surface area (TPSA) is 86.7 Å². The number of carbonyl (C=O) groups excluding carboxylic acids is 2. The van der Waals surface area contributed by atoms with E-state index in [2.05, 4.69) is 0 Å². The number of ether oxygens (including phenoxy) is 1. The largest absolute Gasteiger partial charge is 1.00 e. The van der Waals surface area contributed by atoms with E-state index in [4.69, 9.17) is 4.74 Å². The van der Waals surface area contributed by atoms with Gasteiger partial charge in [0.05, 0.1) is 6.10 Å². The van der Waals surface area contributed by atoms with Crippen LogP contribution in [0.15, 0.2) is 66.7 Å². The maximum atomic E-state index is 12.6. The number of hydrogen-bond acceptors (Lipinski definition) is 5. The number of rotatable bonds is 9. The van der Waals surface area contributed by atoms with Crippen molar-refractivity contribution in [1.82, 2.24) is 0 Å². The molecule has 5 nitrogen and oxygen atoms in total. The van der Waals surface area contributed by atoms with Gasteiger partial charge in [0.2, 0.25) is 0 Å². The van der Waals surface area contributed by atoms with Crippen LogP contribution in [0.4, 0.5) is 0 Å². The predicted octanol–water partition coefficient (Wildman–Crippen LogP) is -0.461. The Kier molecular flexibility index (Phi) is 8.86. The fraction of sp³-hybridized carbons (Fsp3) is 0.217. The smallest absolute Gasteiger partial charge is 0.550 e. The number of hydrogen-bond donors (Lipinski definition) is 1. The van der Waals surface area contributed by atoms with Crippen molar-refractivity contribution in [3.8, 4) is 5.75 Å². The molecule has 0 aliphatic rings. The molecule has 3 rings (SSSR count). The van der Waals surface area contributed by atoms with Gasteiger partial charge in [0, 0.05) is 18.0 Å². The van der Waals surface area contributed by atoms with Gasteiger partial charge in [0.25, 0.3) is 0 Å². The molecule has 1 N–H and O–H groups in total. The van der Waals surface area contributed by atoms with Gasteiger partial charge in [-0.3, -0.25) is 4.79 Å². The zero-order valence-corrected chi connectivity index (χ0v) is 18.3. The van der Waals surface area contributed by atoms with Crippen molar-refractivity contribution in [1.29, 1.82) is 0 Å². The van der Waals surface area contributed by atoms with Crippen LogP contribution in [0.25, 0.3) is 10.8 Å². The number of aliphatic hydroxyl groups is 1. The molecule has 1 atom stereocenters. The Balaban J connectivity index is 0.00000300. The zero-order valence-electron chi connectivity index (χ0n) is 16.3. The third-order valence-corrected chi connectivity index (χ3v) is 4.47. The first kappa shape index (κ1) is 23.1. The second-order valence-electron chi connectivity index (χ2n) is 6.68. The van der Waals surface area contributed by atoms with Crippen LogP contribution in [0.5, 0.6) is 5.75 Å². The van der Waals surface area contributed by atoms with Crippen LogP contribution in [0.3, 0.4) is 0 Å². The number of Topliss-reactive ketones (excluding diaryl/α,β-unsaturated/α-hetero) is 1. The first-order chi connectivity index (χ1) is 13.5. The molecule has 3 aromatic rings. The average Bonchev–Trinajstić information content (AvgIpc) is 2.70. The number of carboxylic acid groups (broad SMARTS) is 1. The molecular weight excluding hydrogens is 379 g/mol. The number of carbonyl (C=O) groups is 2. The molecule has 29 heavy (non-hydrogen) atoms. The summed E-state index contributed by atoms with van der Waals surface area (Å²) in [6.07, 6.45) is -0.677. The van der Waals surface area contributed by atoms with Crippen LogP contribution in [0, 0.1) is 0 Å². The van der Waals surface area contributed by atoms with Crippen molar-refractivity contribution in [2.45, 2.75) is 25.4 Å². The zero-order chi connectivity index (χ0) is 19.9. The number of carboxylic acids is 1. The number of ketones is 1. The summed E-state index contributed by atoms with van der Waals surface area (Å²) < 4.78 is 5.56. The summed E-state index contributed by atoms with van der Waals surface area (Å²) in [6, 6.07) is 20.6. The van der Waals surface area contributed by atoms with Gasteiger partial charge in [-0.25, -0.2) is 0 Å². The Morgan fingerprint density at radius 1 is 0.966 bits per heavy atom. The Hall–Kier alpha value is -2.18. The maximum Gasteiger partial charge on any atom is 1.00 e. The van der Waals surface area contributed by atoms with Gasteiger partial charge < -0.3 is 19.7 Å². The number of benzene rings is 3. The van der Waals surface area contributed by atoms with E-state index in [1.54, 1.807) is 12.1 Å². The van der Waals surface area contributed by atoms with Crippen LogP contribution in [-0.2, 0) is 11.2 Å². The molecule has 3 aromatic carbocycles. The molecule has 6 heteroatoms. The van der Waals surface area contributed by atoms with Crippen LogP contribution < -0.4 is 39.4 Å². The molecule has 144 valence electrons. The Morgan fingerprint density at radius 2 is 1.69 bits per heavy atom. The quantitative estimate of drug-likeness (QED) is 0.388. The molecule has 0 spiro atoms. The van der Waals surface area contributed by atoms with Crippen molar-refractivity contribution in [3.05, 3.63) is 77.9 Å². The molecule has 0 aliphatic carbocycles. The van der Waals surface area contributed by atoms with Gasteiger partial charge >= 0.3 is 29.6 Å². The molecule has 0 aromatic heterocycles. The molecule has 1 unspecified atom stereocenters. The van der Waals surface area contributed by atoms with Gasteiger partial charge in [-0.15, -0.1) is 0 Å². The minimum Gasteiger partial charge on any atom is -0.550 e. The summed E-state index contributed by atoms with van der Waals surface area (Å²) in [5.74, 6) is -0.609. The first-order valence-electron chi connectivity index (χ1n) is 9.13. The van der Waals surface area contributed by atoms with Crippen molar-refractivity contribution < 1.29 is 54.1 Å². The van der Waals surface area contributed by atoms with Crippen LogP contribution in [-0.4, -0.2) is 29.6 Å². The molecule has 0 saturated heterocycles. The molecule has 0 aliphatic heterocycles. The third-order valence-electron chi connectivity index (χ3n) is 4.47. The maximum absolute atomic E-state index is 12.6. The van der Waals surface area contributed by atoms with E-state index >= 15 is 0 Å². The minimum atomic E-state index is -1.20. The van der Waals surface area contributed by atoms with Crippen molar-refractivity contribution >= 4 is 22.5 Å². The van der Waals surface area contributed by atoms with E-state index in [1.165, 1.54) is 0 Å². The summed E-state index contributed by atoms with van der Waals surface area (Å²) in [6.45, 7) is -0.00852. The minimum absolute atomic E-state index is 0. The summed E-state index contributed by atoms with van der Waals surface area (Å²) in [4.78, 5) is 23.0. The Labute approximate surface area is 191 Å². The van der Waals surface area contributed by atoms with Crippen molar-refractivity contribution in [3.63, 3.8) is 0 Å².